The first-order valence-corrected chi connectivity index (χ1v) is 20.3. The highest BCUT2D eigenvalue weighted by Gasteiger charge is 2.43. The van der Waals surface area contributed by atoms with Gasteiger partial charge in [0.15, 0.2) is 0 Å². The first-order valence-electron chi connectivity index (χ1n) is 16.8. The highest BCUT2D eigenvalue weighted by molar-refractivity contribution is 6.83. The molecule has 0 spiro atoms. The Labute approximate surface area is 276 Å². The number of hydrogen-bond donors (Lipinski definition) is 0. The predicted octanol–water partition coefficient (Wildman–Crippen LogP) is 7.44. The van der Waals surface area contributed by atoms with Crippen molar-refractivity contribution in [2.24, 2.45) is 5.92 Å². The summed E-state index contributed by atoms with van der Waals surface area (Å²) >= 11 is 0. The Balaban J connectivity index is 1.47. The second-order valence-electron chi connectivity index (χ2n) is 15.0. The van der Waals surface area contributed by atoms with Gasteiger partial charge in [-0.1, -0.05) is 55.9 Å². The van der Waals surface area contributed by atoms with Crippen molar-refractivity contribution in [1.82, 2.24) is 14.4 Å². The SMILES string of the molecule is COCCCn1cc(CN(C(=O)[C@H]2CN(C(=O)OC(C)(C)C)CC[C@@H]2c2cccc(C#C[Si](C)(C)C)c2)C2CC2)c2ccccc21. The number of para-hydroxylation sites is 1. The standard InChI is InChI=1S/C38H51N3O4Si/c1-38(2,3)45-37(43)40-21-18-32(29-13-10-12-28(24-29)19-23-46(5,6)7)34(27-40)36(42)41(31-16-17-31)26-30-25-39(20-11-22-44-4)35-15-9-8-14-33(30)35/h8-10,12-15,24-25,31-32,34H,11,16-18,20-22,26-27H2,1-7H3/t32-,34+/m1/s1. The van der Waals surface area contributed by atoms with Crippen molar-refractivity contribution in [3.05, 3.63) is 71.4 Å². The van der Waals surface area contributed by atoms with Crippen molar-refractivity contribution < 1.29 is 19.1 Å². The van der Waals surface area contributed by atoms with Crippen molar-refractivity contribution in [1.29, 1.82) is 0 Å². The third-order valence-corrected chi connectivity index (χ3v) is 9.58. The van der Waals surface area contributed by atoms with Gasteiger partial charge in [-0.15, -0.1) is 5.54 Å². The molecule has 1 aromatic heterocycles. The summed E-state index contributed by atoms with van der Waals surface area (Å²) < 4.78 is 13.4. The summed E-state index contributed by atoms with van der Waals surface area (Å²) in [6.07, 6.45) is 5.49. The fourth-order valence-electron chi connectivity index (χ4n) is 6.38. The number of ether oxygens (including phenoxy) is 2. The molecule has 8 heteroatoms. The number of methoxy groups -OCH3 is 1. The van der Waals surface area contributed by atoms with Crippen molar-refractivity contribution in [2.75, 3.05) is 26.8 Å². The molecule has 2 aliphatic rings. The zero-order valence-electron chi connectivity index (χ0n) is 28.8. The molecule has 0 N–H and O–H groups in total. The van der Waals surface area contributed by atoms with Crippen LogP contribution in [0.3, 0.4) is 0 Å². The summed E-state index contributed by atoms with van der Waals surface area (Å²) in [5, 5.41) is 1.18. The fourth-order valence-corrected chi connectivity index (χ4v) is 6.90. The van der Waals surface area contributed by atoms with Gasteiger partial charge >= 0.3 is 6.09 Å². The van der Waals surface area contributed by atoms with Gasteiger partial charge in [-0.3, -0.25) is 4.79 Å². The number of nitrogens with zero attached hydrogens (tertiary/aromatic N) is 3. The molecular formula is C38H51N3O4Si. The molecule has 3 aromatic rings. The topological polar surface area (TPSA) is 64.0 Å². The number of hydrogen-bond acceptors (Lipinski definition) is 4. The Morgan fingerprint density at radius 2 is 1.80 bits per heavy atom. The average Bonchev–Trinajstić information content (AvgIpc) is 3.79. The summed E-state index contributed by atoms with van der Waals surface area (Å²) in [6.45, 7) is 15.4. The lowest BCUT2D eigenvalue weighted by molar-refractivity contribution is -0.139. The van der Waals surface area contributed by atoms with E-state index in [4.69, 9.17) is 9.47 Å². The monoisotopic (exact) mass is 641 g/mol. The molecule has 2 amide bonds. The zero-order chi connectivity index (χ0) is 33.1. The number of aromatic nitrogens is 1. The van der Waals surface area contributed by atoms with E-state index in [0.29, 0.717) is 32.7 Å². The minimum absolute atomic E-state index is 0.0172. The Kier molecular flexibility index (Phi) is 10.3. The van der Waals surface area contributed by atoms with E-state index >= 15 is 0 Å². The van der Waals surface area contributed by atoms with Crippen molar-refractivity contribution >= 4 is 31.0 Å². The number of fused-ring (bicyclic) bond motifs is 1. The smallest absolute Gasteiger partial charge is 0.410 e. The molecule has 1 saturated carbocycles. The number of piperidine rings is 1. The van der Waals surface area contributed by atoms with Crippen LogP contribution in [-0.4, -0.2) is 72.9 Å². The minimum atomic E-state index is -1.54. The lowest BCUT2D eigenvalue weighted by atomic mass is 9.79. The van der Waals surface area contributed by atoms with Gasteiger partial charge in [0.05, 0.1) is 5.92 Å². The molecule has 1 aliphatic carbocycles. The lowest BCUT2D eigenvalue weighted by Gasteiger charge is -2.40. The van der Waals surface area contributed by atoms with Gasteiger partial charge in [0.2, 0.25) is 5.91 Å². The Morgan fingerprint density at radius 3 is 2.50 bits per heavy atom. The van der Waals surface area contributed by atoms with E-state index in [1.165, 1.54) is 10.9 Å². The van der Waals surface area contributed by atoms with Crippen LogP contribution in [0.1, 0.15) is 69.1 Å². The molecule has 1 aliphatic heterocycles. The molecule has 2 heterocycles. The molecule has 2 atom stereocenters. The Morgan fingerprint density at radius 1 is 1.04 bits per heavy atom. The summed E-state index contributed by atoms with van der Waals surface area (Å²) in [5.41, 5.74) is 7.33. The Hall–Kier alpha value is -3.54. The second-order valence-corrected chi connectivity index (χ2v) is 19.7. The molecule has 2 fully saturated rings. The zero-order valence-corrected chi connectivity index (χ0v) is 29.8. The highest BCUT2D eigenvalue weighted by atomic mass is 28.3. The van der Waals surface area contributed by atoms with Crippen LogP contribution in [0.4, 0.5) is 4.79 Å². The Bertz CT molecular complexity index is 1600. The van der Waals surface area contributed by atoms with Crippen LogP contribution < -0.4 is 0 Å². The number of amides is 2. The molecule has 246 valence electrons. The number of carbonyl (C=O) groups excluding carboxylic acids is 2. The largest absolute Gasteiger partial charge is 0.444 e. The number of carbonyl (C=O) groups is 2. The van der Waals surface area contributed by atoms with Gasteiger partial charge < -0.3 is 23.8 Å². The van der Waals surface area contributed by atoms with E-state index in [9.17, 15) is 9.59 Å². The van der Waals surface area contributed by atoms with Gasteiger partial charge in [-0.05, 0) is 81.7 Å². The van der Waals surface area contributed by atoms with E-state index < -0.39 is 13.7 Å². The molecule has 0 bridgehead atoms. The molecule has 46 heavy (non-hydrogen) atoms. The van der Waals surface area contributed by atoms with Crippen LogP contribution in [0.2, 0.25) is 19.6 Å². The summed E-state index contributed by atoms with van der Waals surface area (Å²) in [5.74, 6) is 3.13. The van der Waals surface area contributed by atoms with Crippen LogP contribution in [0.25, 0.3) is 10.9 Å². The lowest BCUT2D eigenvalue weighted by Crippen LogP contribution is -2.51. The molecule has 2 aromatic carbocycles. The minimum Gasteiger partial charge on any atom is -0.444 e. The number of likely N-dealkylation sites (tertiary alicyclic amines) is 1. The van der Waals surface area contributed by atoms with Crippen LogP contribution in [0, 0.1) is 17.4 Å². The molecule has 7 nitrogen and oxygen atoms in total. The van der Waals surface area contributed by atoms with Crippen molar-refractivity contribution in [2.45, 2.75) is 96.7 Å². The van der Waals surface area contributed by atoms with Gasteiger partial charge in [-0.2, -0.15) is 0 Å². The van der Waals surface area contributed by atoms with E-state index in [0.717, 1.165) is 42.5 Å². The van der Waals surface area contributed by atoms with Crippen LogP contribution in [-0.2, 0) is 27.4 Å². The summed E-state index contributed by atoms with van der Waals surface area (Å²) in [6, 6.07) is 17.1. The van der Waals surface area contributed by atoms with Gasteiger partial charge in [0, 0.05) is 68.6 Å². The molecule has 0 unspecified atom stereocenters. The maximum Gasteiger partial charge on any atom is 0.410 e. The van der Waals surface area contributed by atoms with Gasteiger partial charge in [0.1, 0.15) is 13.7 Å². The molecular weight excluding hydrogens is 591 g/mol. The average molecular weight is 642 g/mol. The van der Waals surface area contributed by atoms with E-state index in [-0.39, 0.29) is 29.9 Å². The molecule has 1 saturated heterocycles. The molecule has 5 rings (SSSR count). The van der Waals surface area contributed by atoms with Gasteiger partial charge in [-0.25, -0.2) is 4.79 Å². The quantitative estimate of drug-likeness (QED) is 0.138. The number of aryl methyl sites for hydroxylation is 1. The third-order valence-electron chi connectivity index (χ3n) is 8.71. The van der Waals surface area contributed by atoms with Crippen LogP contribution in [0.5, 0.6) is 0 Å². The normalized spacial score (nSPS) is 18.6. The first kappa shape index (κ1) is 33.8. The van der Waals surface area contributed by atoms with E-state index in [1.54, 1.807) is 12.0 Å². The van der Waals surface area contributed by atoms with Crippen LogP contribution in [0.15, 0.2) is 54.7 Å². The second kappa shape index (κ2) is 14.1. The first-order chi connectivity index (χ1) is 21.8. The van der Waals surface area contributed by atoms with Crippen molar-refractivity contribution in [3.63, 3.8) is 0 Å². The number of benzene rings is 2. The van der Waals surface area contributed by atoms with Crippen LogP contribution >= 0.6 is 0 Å². The maximum absolute atomic E-state index is 14.8. The number of rotatable bonds is 9. The third kappa shape index (κ3) is 8.62. The van der Waals surface area contributed by atoms with Crippen molar-refractivity contribution in [3.8, 4) is 11.5 Å². The van der Waals surface area contributed by atoms with E-state index in [1.807, 2.05) is 20.8 Å². The predicted molar refractivity (Wildman–Crippen MR) is 187 cm³/mol. The fraction of sp³-hybridized carbons (Fsp3) is 0.526. The van der Waals surface area contributed by atoms with Gasteiger partial charge in [0.25, 0.3) is 0 Å². The summed E-state index contributed by atoms with van der Waals surface area (Å²) in [4.78, 5) is 31.9. The van der Waals surface area contributed by atoms with E-state index in [2.05, 4.69) is 95.3 Å². The summed E-state index contributed by atoms with van der Waals surface area (Å²) in [7, 11) is 0.191. The molecule has 0 radical (unpaired) electrons. The maximum atomic E-state index is 14.8. The highest BCUT2D eigenvalue weighted by Crippen LogP contribution is 2.39.